The minimum atomic E-state index is -0.304. The fourth-order valence-corrected chi connectivity index (χ4v) is 2.64. The Bertz CT molecular complexity index is 838. The van der Waals surface area contributed by atoms with E-state index in [-0.39, 0.29) is 11.6 Å². The van der Waals surface area contributed by atoms with E-state index in [2.05, 4.69) is 4.98 Å². The largest absolute Gasteiger partial charge is 0.494 e. The topological polar surface area (TPSA) is 42.1 Å². The Kier molecular flexibility index (Phi) is 4.42. The zero-order chi connectivity index (χ0) is 16.2. The van der Waals surface area contributed by atoms with Gasteiger partial charge in [0.2, 0.25) is 0 Å². The molecular formula is C19H18FNO2. The van der Waals surface area contributed by atoms with Crippen LogP contribution in [0.3, 0.4) is 0 Å². The first kappa shape index (κ1) is 15.3. The highest BCUT2D eigenvalue weighted by atomic mass is 19.1. The first-order valence-corrected chi connectivity index (χ1v) is 7.69. The molecule has 0 saturated heterocycles. The molecule has 3 rings (SSSR count). The van der Waals surface area contributed by atoms with Crippen molar-refractivity contribution in [1.29, 1.82) is 0 Å². The van der Waals surface area contributed by atoms with Crippen molar-refractivity contribution >= 4 is 16.7 Å². The summed E-state index contributed by atoms with van der Waals surface area (Å²) in [6.45, 7) is 2.53. The van der Waals surface area contributed by atoms with E-state index in [0.29, 0.717) is 30.5 Å². The molecule has 0 aliphatic rings. The molecule has 0 aliphatic heterocycles. The number of aromatic amines is 1. The molecule has 0 atom stereocenters. The normalized spacial score (nSPS) is 10.9. The number of H-pyrrole nitrogens is 1. The third-order valence-electron chi connectivity index (χ3n) is 3.78. The number of hydrogen-bond acceptors (Lipinski definition) is 2. The smallest absolute Gasteiger partial charge is 0.179 e. The summed E-state index contributed by atoms with van der Waals surface area (Å²) in [5, 5.41) is 0.711. The van der Waals surface area contributed by atoms with E-state index in [0.717, 1.165) is 16.8 Å². The summed E-state index contributed by atoms with van der Waals surface area (Å²) in [6.07, 6.45) is 0.984. The van der Waals surface area contributed by atoms with Gasteiger partial charge in [-0.3, -0.25) is 4.79 Å². The molecule has 0 radical (unpaired) electrons. The van der Waals surface area contributed by atoms with E-state index in [1.807, 2.05) is 31.2 Å². The summed E-state index contributed by atoms with van der Waals surface area (Å²) in [6, 6.07) is 13.9. The van der Waals surface area contributed by atoms with Crippen molar-refractivity contribution < 1.29 is 13.9 Å². The predicted molar refractivity (Wildman–Crippen MR) is 88.5 cm³/mol. The number of halogens is 1. The molecule has 0 bridgehead atoms. The molecule has 1 aromatic heterocycles. The van der Waals surface area contributed by atoms with Gasteiger partial charge in [0.15, 0.2) is 5.78 Å². The lowest BCUT2D eigenvalue weighted by Crippen LogP contribution is -2.03. The van der Waals surface area contributed by atoms with Crippen LogP contribution in [0.15, 0.2) is 48.5 Å². The van der Waals surface area contributed by atoms with Crippen LogP contribution in [0.4, 0.5) is 4.39 Å². The van der Waals surface area contributed by atoms with Crippen molar-refractivity contribution in [3.63, 3.8) is 0 Å². The van der Waals surface area contributed by atoms with Crippen LogP contribution in [0.5, 0.6) is 5.75 Å². The minimum absolute atomic E-state index is 0.00732. The summed E-state index contributed by atoms with van der Waals surface area (Å²) in [5.74, 6) is 0.524. The number of carbonyl (C=O) groups is 1. The molecule has 23 heavy (non-hydrogen) atoms. The number of benzene rings is 2. The zero-order valence-corrected chi connectivity index (χ0v) is 12.9. The molecule has 0 aliphatic carbocycles. The number of ketones is 1. The number of rotatable bonds is 6. The third-order valence-corrected chi connectivity index (χ3v) is 3.78. The molecule has 0 spiro atoms. The zero-order valence-electron chi connectivity index (χ0n) is 12.9. The van der Waals surface area contributed by atoms with Gasteiger partial charge >= 0.3 is 0 Å². The highest BCUT2D eigenvalue weighted by molar-refractivity contribution is 5.99. The van der Waals surface area contributed by atoms with Crippen LogP contribution in [-0.4, -0.2) is 17.4 Å². The van der Waals surface area contributed by atoms with E-state index in [9.17, 15) is 9.18 Å². The maximum absolute atomic E-state index is 13.2. The Labute approximate surface area is 134 Å². The highest BCUT2D eigenvalue weighted by Crippen LogP contribution is 2.22. The van der Waals surface area contributed by atoms with Gasteiger partial charge in [0.1, 0.15) is 11.6 Å². The minimum Gasteiger partial charge on any atom is -0.494 e. The lowest BCUT2D eigenvalue weighted by Gasteiger charge is -2.09. The number of carbonyl (C=O) groups excluding carboxylic acids is 1. The second kappa shape index (κ2) is 6.65. The second-order valence-corrected chi connectivity index (χ2v) is 5.38. The monoisotopic (exact) mass is 311 g/mol. The van der Waals surface area contributed by atoms with Gasteiger partial charge in [-0.25, -0.2) is 4.39 Å². The Balaban J connectivity index is 1.73. The van der Waals surface area contributed by atoms with E-state index in [1.54, 1.807) is 12.1 Å². The summed E-state index contributed by atoms with van der Waals surface area (Å²) in [7, 11) is 0. The first-order chi connectivity index (χ1) is 11.2. The van der Waals surface area contributed by atoms with E-state index < -0.39 is 0 Å². The van der Waals surface area contributed by atoms with Gasteiger partial charge < -0.3 is 9.72 Å². The second-order valence-electron chi connectivity index (χ2n) is 5.38. The number of Topliss-reactive ketones (excluding diaryl/α,β-unsaturated/α-hetero) is 1. The van der Waals surface area contributed by atoms with Crippen molar-refractivity contribution in [2.24, 2.45) is 0 Å². The Morgan fingerprint density at radius 1 is 1.17 bits per heavy atom. The van der Waals surface area contributed by atoms with Crippen LogP contribution >= 0.6 is 0 Å². The van der Waals surface area contributed by atoms with E-state index >= 15 is 0 Å². The molecule has 118 valence electrons. The molecule has 1 heterocycles. The number of ether oxygens (including phenoxy) is 1. The fraction of sp³-hybridized carbons (Fsp3) is 0.211. The average Bonchev–Trinajstić information content (AvgIpc) is 2.97. The fourth-order valence-electron chi connectivity index (χ4n) is 2.64. The SMILES string of the molecule is CCOc1ccccc1CCC(=O)c1cc2cc(F)ccc2[nH]1. The van der Waals surface area contributed by atoms with Crippen LogP contribution < -0.4 is 4.74 Å². The van der Waals surface area contributed by atoms with Crippen molar-refractivity contribution in [2.45, 2.75) is 19.8 Å². The molecule has 1 N–H and O–H groups in total. The number of nitrogens with one attached hydrogen (secondary N) is 1. The Morgan fingerprint density at radius 3 is 2.83 bits per heavy atom. The summed E-state index contributed by atoms with van der Waals surface area (Å²) >= 11 is 0. The quantitative estimate of drug-likeness (QED) is 0.680. The maximum Gasteiger partial charge on any atom is 0.179 e. The van der Waals surface area contributed by atoms with Gasteiger partial charge in [-0.15, -0.1) is 0 Å². The number of para-hydroxylation sites is 1. The van der Waals surface area contributed by atoms with Crippen molar-refractivity contribution in [1.82, 2.24) is 4.98 Å². The molecule has 2 aromatic carbocycles. The van der Waals surface area contributed by atoms with Crippen LogP contribution in [0.2, 0.25) is 0 Å². The van der Waals surface area contributed by atoms with Crippen LogP contribution in [0.25, 0.3) is 10.9 Å². The van der Waals surface area contributed by atoms with Gasteiger partial charge in [-0.2, -0.15) is 0 Å². The van der Waals surface area contributed by atoms with Crippen LogP contribution in [0, 0.1) is 5.82 Å². The molecule has 4 heteroatoms. The summed E-state index contributed by atoms with van der Waals surface area (Å²) in [5.41, 5.74) is 2.30. The molecule has 0 amide bonds. The van der Waals surface area contributed by atoms with Gasteiger partial charge in [0, 0.05) is 17.3 Å². The molecule has 3 aromatic rings. The molecule has 0 saturated carbocycles. The number of aryl methyl sites for hydroxylation is 1. The van der Waals surface area contributed by atoms with E-state index in [4.69, 9.17) is 4.74 Å². The lowest BCUT2D eigenvalue weighted by molar-refractivity contribution is 0.0978. The van der Waals surface area contributed by atoms with E-state index in [1.165, 1.54) is 12.1 Å². The number of aromatic nitrogens is 1. The molecular weight excluding hydrogens is 293 g/mol. The molecule has 3 nitrogen and oxygen atoms in total. The van der Waals surface area contributed by atoms with Crippen molar-refractivity contribution in [3.05, 3.63) is 65.6 Å². The third kappa shape index (κ3) is 3.42. The summed E-state index contributed by atoms with van der Waals surface area (Å²) in [4.78, 5) is 15.4. The number of hydrogen-bond donors (Lipinski definition) is 1. The van der Waals surface area contributed by atoms with Crippen LogP contribution in [-0.2, 0) is 6.42 Å². The standard InChI is InChI=1S/C19H18FNO2/c1-2-23-19-6-4-3-5-13(19)7-10-18(22)17-12-14-11-15(20)8-9-16(14)21-17/h3-6,8-9,11-12,21H,2,7,10H2,1H3. The Hall–Kier alpha value is -2.62. The first-order valence-electron chi connectivity index (χ1n) is 7.69. The van der Waals surface area contributed by atoms with Crippen LogP contribution in [0.1, 0.15) is 29.4 Å². The number of fused-ring (bicyclic) bond motifs is 1. The highest BCUT2D eigenvalue weighted by Gasteiger charge is 2.12. The van der Waals surface area contributed by atoms with Crippen molar-refractivity contribution in [2.75, 3.05) is 6.61 Å². The predicted octanol–water partition coefficient (Wildman–Crippen LogP) is 4.52. The Morgan fingerprint density at radius 2 is 2.00 bits per heavy atom. The molecule has 0 fully saturated rings. The van der Waals surface area contributed by atoms with Gasteiger partial charge in [-0.1, -0.05) is 18.2 Å². The lowest BCUT2D eigenvalue weighted by atomic mass is 10.1. The van der Waals surface area contributed by atoms with Gasteiger partial charge in [0.25, 0.3) is 0 Å². The summed E-state index contributed by atoms with van der Waals surface area (Å²) < 4.78 is 18.8. The maximum atomic E-state index is 13.2. The van der Waals surface area contributed by atoms with Crippen molar-refractivity contribution in [3.8, 4) is 5.75 Å². The average molecular weight is 311 g/mol. The van der Waals surface area contributed by atoms with Gasteiger partial charge in [0.05, 0.1) is 12.3 Å². The molecule has 0 unspecified atom stereocenters. The van der Waals surface area contributed by atoms with Gasteiger partial charge in [-0.05, 0) is 49.2 Å².